The van der Waals surface area contributed by atoms with E-state index in [2.05, 4.69) is 5.32 Å². The Bertz CT molecular complexity index is 1060. The van der Waals surface area contributed by atoms with Crippen LogP contribution in [0.5, 0.6) is 0 Å². The summed E-state index contributed by atoms with van der Waals surface area (Å²) in [7, 11) is 0. The zero-order valence-electron chi connectivity index (χ0n) is 15.9. The Morgan fingerprint density at radius 1 is 1.07 bits per heavy atom. The van der Waals surface area contributed by atoms with Gasteiger partial charge in [0.25, 0.3) is 5.91 Å². The molecular formula is C22H22N2O5. The Morgan fingerprint density at radius 3 is 2.34 bits per heavy atom. The number of hydrogen-bond acceptors (Lipinski definition) is 5. The summed E-state index contributed by atoms with van der Waals surface area (Å²) in [5.74, 6) is -0.903. The maximum absolute atomic E-state index is 12.7. The molecular weight excluding hydrogens is 372 g/mol. The smallest absolute Gasteiger partial charge is 0.326 e. The number of nitrogens with zero attached hydrogens (tertiary/aromatic N) is 1. The number of hydrogen-bond donors (Lipinski definition) is 1. The van der Waals surface area contributed by atoms with E-state index in [0.29, 0.717) is 28.4 Å². The summed E-state index contributed by atoms with van der Waals surface area (Å²) in [5, 5.41) is 3.79. The Hall–Kier alpha value is -3.19. The average molecular weight is 394 g/mol. The predicted molar refractivity (Wildman–Crippen MR) is 109 cm³/mol. The Kier molecular flexibility index (Phi) is 5.57. The lowest BCUT2D eigenvalue weighted by molar-refractivity contribution is -0.149. The van der Waals surface area contributed by atoms with E-state index in [1.807, 2.05) is 12.1 Å². The van der Waals surface area contributed by atoms with Crippen molar-refractivity contribution in [1.82, 2.24) is 9.88 Å². The normalized spacial score (nSPS) is 16.2. The molecule has 0 bridgehead atoms. The third-order valence-corrected chi connectivity index (χ3v) is 5.08. The number of carbonyl (C=O) groups excluding carboxylic acids is 2. The molecule has 7 nitrogen and oxygen atoms in total. The molecule has 0 saturated carbocycles. The first-order valence-corrected chi connectivity index (χ1v) is 9.67. The first-order chi connectivity index (χ1) is 14.1. The first kappa shape index (κ1) is 19.1. The fourth-order valence-corrected chi connectivity index (χ4v) is 3.65. The van der Waals surface area contributed by atoms with Gasteiger partial charge in [-0.2, -0.15) is 0 Å². The van der Waals surface area contributed by atoms with E-state index in [1.54, 1.807) is 41.0 Å². The Labute approximate surface area is 167 Å². The van der Waals surface area contributed by atoms with Gasteiger partial charge in [0.1, 0.15) is 6.54 Å². The number of pyridine rings is 1. The number of rotatable bonds is 6. The first-order valence-electron chi connectivity index (χ1n) is 9.67. The molecule has 3 aromatic rings. The van der Waals surface area contributed by atoms with Crippen LogP contribution in [-0.4, -0.2) is 42.3 Å². The van der Waals surface area contributed by atoms with Crippen molar-refractivity contribution in [2.24, 2.45) is 0 Å². The van der Waals surface area contributed by atoms with Crippen LogP contribution in [0.4, 0.5) is 0 Å². The van der Waals surface area contributed by atoms with Crippen molar-refractivity contribution in [2.75, 3.05) is 19.8 Å². The zero-order valence-corrected chi connectivity index (χ0v) is 15.9. The van der Waals surface area contributed by atoms with Crippen molar-refractivity contribution in [1.29, 1.82) is 0 Å². The van der Waals surface area contributed by atoms with Crippen molar-refractivity contribution in [3.63, 3.8) is 0 Å². The number of esters is 1. The molecule has 1 unspecified atom stereocenters. The highest BCUT2D eigenvalue weighted by atomic mass is 16.5. The van der Waals surface area contributed by atoms with E-state index in [4.69, 9.17) is 9.47 Å². The standard InChI is InChI=1S/C22H22N2O5/c25-20(23-12-15-6-5-11-28-15)14-29-21(26)13-24-18-9-3-1-7-16(18)22(27)17-8-2-4-10-19(17)24/h1-4,7-10,15H,5-6,11-14H2,(H,23,25). The molecule has 1 N–H and O–H groups in total. The molecule has 1 amide bonds. The van der Waals surface area contributed by atoms with E-state index in [-0.39, 0.29) is 30.6 Å². The molecule has 1 atom stereocenters. The van der Waals surface area contributed by atoms with Gasteiger partial charge >= 0.3 is 5.97 Å². The Morgan fingerprint density at radius 2 is 1.72 bits per heavy atom. The third-order valence-electron chi connectivity index (χ3n) is 5.08. The minimum atomic E-state index is -0.545. The third kappa shape index (κ3) is 4.14. The lowest BCUT2D eigenvalue weighted by Crippen LogP contribution is -2.35. The second-order valence-corrected chi connectivity index (χ2v) is 7.05. The van der Waals surface area contributed by atoms with Crippen LogP contribution in [0.15, 0.2) is 53.3 Å². The molecule has 2 aromatic carbocycles. The van der Waals surface area contributed by atoms with Crippen LogP contribution < -0.4 is 10.7 Å². The van der Waals surface area contributed by atoms with Crippen LogP contribution in [0.2, 0.25) is 0 Å². The molecule has 29 heavy (non-hydrogen) atoms. The van der Waals surface area contributed by atoms with E-state index < -0.39 is 5.97 Å². The molecule has 1 saturated heterocycles. The summed E-state index contributed by atoms with van der Waals surface area (Å²) < 4.78 is 12.4. The van der Waals surface area contributed by atoms with E-state index in [0.717, 1.165) is 19.4 Å². The molecule has 7 heteroatoms. The highest BCUT2D eigenvalue weighted by Gasteiger charge is 2.17. The van der Waals surface area contributed by atoms with Gasteiger partial charge in [-0.25, -0.2) is 0 Å². The SMILES string of the molecule is O=C(COC(=O)Cn1c2ccccc2c(=O)c2ccccc21)NCC1CCCO1. The van der Waals surface area contributed by atoms with Crippen molar-refractivity contribution in [2.45, 2.75) is 25.5 Å². The van der Waals surface area contributed by atoms with E-state index in [1.165, 1.54) is 0 Å². The van der Waals surface area contributed by atoms with Crippen molar-refractivity contribution in [3.8, 4) is 0 Å². The fourth-order valence-electron chi connectivity index (χ4n) is 3.65. The number of ether oxygens (including phenoxy) is 2. The van der Waals surface area contributed by atoms with E-state index >= 15 is 0 Å². The topological polar surface area (TPSA) is 86.6 Å². The number of para-hydroxylation sites is 2. The van der Waals surface area contributed by atoms with Crippen LogP contribution in [0.1, 0.15) is 12.8 Å². The predicted octanol–water partition coefficient (Wildman–Crippen LogP) is 1.99. The summed E-state index contributed by atoms with van der Waals surface area (Å²) in [6.07, 6.45) is 1.96. The highest BCUT2D eigenvalue weighted by molar-refractivity contribution is 5.94. The minimum Gasteiger partial charge on any atom is -0.454 e. The molecule has 1 fully saturated rings. The molecule has 0 radical (unpaired) electrons. The maximum Gasteiger partial charge on any atom is 0.326 e. The molecule has 1 aliphatic heterocycles. The Balaban J connectivity index is 1.48. The summed E-state index contributed by atoms with van der Waals surface area (Å²) in [6.45, 7) is 0.699. The van der Waals surface area contributed by atoms with Crippen LogP contribution >= 0.6 is 0 Å². The molecule has 4 rings (SSSR count). The van der Waals surface area contributed by atoms with Crippen LogP contribution in [0.3, 0.4) is 0 Å². The molecule has 1 aliphatic rings. The molecule has 150 valence electrons. The largest absolute Gasteiger partial charge is 0.454 e. The van der Waals surface area contributed by atoms with Gasteiger partial charge in [-0.15, -0.1) is 0 Å². The summed E-state index contributed by atoms with van der Waals surface area (Å²) in [5.41, 5.74) is 1.22. The number of fused-ring (bicyclic) bond motifs is 2. The fraction of sp³-hybridized carbons (Fsp3) is 0.318. The van der Waals surface area contributed by atoms with Crippen LogP contribution in [-0.2, 0) is 25.6 Å². The van der Waals surface area contributed by atoms with Gasteiger partial charge in [-0.3, -0.25) is 14.4 Å². The summed E-state index contributed by atoms with van der Waals surface area (Å²) in [6, 6.07) is 14.3. The van der Waals surface area contributed by atoms with Crippen molar-refractivity contribution in [3.05, 3.63) is 58.8 Å². The van der Waals surface area contributed by atoms with Crippen molar-refractivity contribution < 1.29 is 19.1 Å². The van der Waals surface area contributed by atoms with Gasteiger partial charge in [-0.05, 0) is 37.1 Å². The molecule has 2 heterocycles. The van der Waals surface area contributed by atoms with Gasteiger partial charge in [-0.1, -0.05) is 24.3 Å². The molecule has 0 spiro atoms. The lowest BCUT2D eigenvalue weighted by Gasteiger charge is -2.15. The second kappa shape index (κ2) is 8.45. The second-order valence-electron chi connectivity index (χ2n) is 7.05. The minimum absolute atomic E-state index is 0.0357. The molecule has 0 aliphatic carbocycles. The van der Waals surface area contributed by atoms with Gasteiger partial charge in [0.2, 0.25) is 0 Å². The number of benzene rings is 2. The van der Waals surface area contributed by atoms with Gasteiger partial charge < -0.3 is 19.4 Å². The van der Waals surface area contributed by atoms with Gasteiger partial charge in [0.05, 0.1) is 17.1 Å². The number of nitrogens with one attached hydrogen (secondary N) is 1. The van der Waals surface area contributed by atoms with E-state index in [9.17, 15) is 14.4 Å². The van der Waals surface area contributed by atoms with Gasteiger partial charge in [0.15, 0.2) is 12.0 Å². The quantitative estimate of drug-likeness (QED) is 0.510. The van der Waals surface area contributed by atoms with Gasteiger partial charge in [0, 0.05) is 23.9 Å². The molecule has 1 aromatic heterocycles. The van der Waals surface area contributed by atoms with Crippen LogP contribution in [0, 0.1) is 0 Å². The summed E-state index contributed by atoms with van der Waals surface area (Å²) >= 11 is 0. The zero-order chi connectivity index (χ0) is 20.2. The number of carbonyl (C=O) groups is 2. The van der Waals surface area contributed by atoms with Crippen molar-refractivity contribution >= 4 is 33.7 Å². The van der Waals surface area contributed by atoms with Crippen LogP contribution in [0.25, 0.3) is 21.8 Å². The summed E-state index contributed by atoms with van der Waals surface area (Å²) in [4.78, 5) is 37.1. The highest BCUT2D eigenvalue weighted by Crippen LogP contribution is 2.19. The number of amides is 1. The average Bonchev–Trinajstić information content (AvgIpc) is 3.27. The monoisotopic (exact) mass is 394 g/mol. The lowest BCUT2D eigenvalue weighted by atomic mass is 10.1. The number of aromatic nitrogens is 1. The maximum atomic E-state index is 12.7.